The summed E-state index contributed by atoms with van der Waals surface area (Å²) in [6, 6.07) is 8.66. The van der Waals surface area contributed by atoms with E-state index in [1.54, 1.807) is 0 Å². The van der Waals surface area contributed by atoms with Crippen molar-refractivity contribution in [1.82, 2.24) is 10.2 Å². The molecule has 0 radical (unpaired) electrons. The quantitative estimate of drug-likeness (QED) is 0.534. The van der Waals surface area contributed by atoms with Gasteiger partial charge < -0.3 is 24.4 Å². The van der Waals surface area contributed by atoms with Crippen LogP contribution in [0, 0.1) is 5.92 Å². The van der Waals surface area contributed by atoms with E-state index in [-0.39, 0.29) is 0 Å². The van der Waals surface area contributed by atoms with Crippen molar-refractivity contribution >= 4 is 5.96 Å². The van der Waals surface area contributed by atoms with Gasteiger partial charge in [-0.25, -0.2) is 0 Å². The molecule has 6 nitrogen and oxygen atoms in total. The molecule has 6 heteroatoms. The van der Waals surface area contributed by atoms with Crippen LogP contribution in [0.2, 0.25) is 0 Å². The number of ether oxygens (including phenoxy) is 3. The van der Waals surface area contributed by atoms with Gasteiger partial charge in [0.05, 0.1) is 12.7 Å². The van der Waals surface area contributed by atoms with Crippen molar-refractivity contribution in [3.63, 3.8) is 0 Å². The number of hydrogen-bond acceptors (Lipinski definition) is 4. The molecular formula is C23H37N3O3. The van der Waals surface area contributed by atoms with Gasteiger partial charge in [0.15, 0.2) is 5.96 Å². The van der Waals surface area contributed by atoms with E-state index in [1.165, 1.54) is 30.4 Å². The number of hydrogen-bond donors (Lipinski definition) is 1. The minimum absolute atomic E-state index is 0.338. The average molecular weight is 404 g/mol. The fraction of sp³-hybridized carbons (Fsp3) is 0.696. The molecule has 0 spiro atoms. The number of nitrogens with zero attached hydrogens (tertiary/aromatic N) is 2. The molecule has 1 aromatic carbocycles. The van der Waals surface area contributed by atoms with Crippen LogP contribution in [0.4, 0.5) is 0 Å². The third-order valence-corrected chi connectivity index (χ3v) is 5.91. The lowest BCUT2D eigenvalue weighted by molar-refractivity contribution is -0.0390. The summed E-state index contributed by atoms with van der Waals surface area (Å²) in [6.07, 6.45) is 5.91. The second kappa shape index (κ2) is 12.2. The zero-order valence-corrected chi connectivity index (χ0v) is 18.1. The maximum absolute atomic E-state index is 6.00. The summed E-state index contributed by atoms with van der Waals surface area (Å²) in [7, 11) is 3.97. The Morgan fingerprint density at radius 3 is 2.31 bits per heavy atom. The average Bonchev–Trinajstić information content (AvgIpc) is 2.79. The molecule has 0 aromatic heterocycles. The SMILES string of the molecule is CN=C(NCc1ccc(COC2CCOCC2)cc1)N(C)CCC1CCOCC1. The van der Waals surface area contributed by atoms with Crippen molar-refractivity contribution in [1.29, 1.82) is 0 Å². The molecule has 0 amide bonds. The van der Waals surface area contributed by atoms with Crippen molar-refractivity contribution in [2.24, 2.45) is 10.9 Å². The lowest BCUT2D eigenvalue weighted by Gasteiger charge is -2.27. The van der Waals surface area contributed by atoms with Gasteiger partial charge in [-0.1, -0.05) is 24.3 Å². The van der Waals surface area contributed by atoms with Gasteiger partial charge in [-0.2, -0.15) is 0 Å². The predicted octanol–water partition coefficient (Wildman–Crippen LogP) is 3.21. The van der Waals surface area contributed by atoms with Gasteiger partial charge in [0, 0.05) is 53.6 Å². The summed E-state index contributed by atoms with van der Waals surface area (Å²) in [5.41, 5.74) is 2.47. The third-order valence-electron chi connectivity index (χ3n) is 5.91. The zero-order chi connectivity index (χ0) is 20.3. The molecular weight excluding hydrogens is 366 g/mol. The molecule has 0 aliphatic carbocycles. The molecule has 0 atom stereocenters. The molecule has 2 fully saturated rings. The van der Waals surface area contributed by atoms with E-state index in [9.17, 15) is 0 Å². The van der Waals surface area contributed by atoms with Crippen LogP contribution < -0.4 is 5.32 Å². The number of aliphatic imine (C=N–C) groups is 1. The maximum Gasteiger partial charge on any atom is 0.193 e. The van der Waals surface area contributed by atoms with Crippen LogP contribution in [0.3, 0.4) is 0 Å². The van der Waals surface area contributed by atoms with Gasteiger partial charge in [0.25, 0.3) is 0 Å². The Morgan fingerprint density at radius 1 is 1.03 bits per heavy atom. The molecule has 2 heterocycles. The van der Waals surface area contributed by atoms with E-state index in [4.69, 9.17) is 14.2 Å². The number of benzene rings is 1. The first-order valence-electron chi connectivity index (χ1n) is 11.0. The number of nitrogens with one attached hydrogen (secondary N) is 1. The first kappa shape index (κ1) is 22.1. The monoisotopic (exact) mass is 403 g/mol. The molecule has 0 unspecified atom stereocenters. The summed E-state index contributed by atoms with van der Waals surface area (Å²) in [6.45, 7) is 5.94. The molecule has 1 aromatic rings. The Balaban J connectivity index is 1.38. The Bertz CT molecular complexity index is 608. The normalized spacial score (nSPS) is 19.3. The molecule has 0 saturated carbocycles. The van der Waals surface area contributed by atoms with E-state index in [2.05, 4.69) is 46.5 Å². The first-order chi connectivity index (χ1) is 14.2. The molecule has 162 valence electrons. The van der Waals surface area contributed by atoms with Gasteiger partial charge in [0.2, 0.25) is 0 Å². The van der Waals surface area contributed by atoms with Gasteiger partial charge >= 0.3 is 0 Å². The molecule has 0 bridgehead atoms. The highest BCUT2D eigenvalue weighted by molar-refractivity contribution is 5.79. The van der Waals surface area contributed by atoms with Crippen molar-refractivity contribution in [3.05, 3.63) is 35.4 Å². The topological polar surface area (TPSA) is 55.3 Å². The van der Waals surface area contributed by atoms with Crippen LogP contribution in [0.15, 0.2) is 29.3 Å². The summed E-state index contributed by atoms with van der Waals surface area (Å²) in [5, 5.41) is 3.48. The Hall–Kier alpha value is -1.63. The standard InChI is InChI=1S/C23H37N3O3/c1-24-23(26(2)12-7-19-8-13-27-14-9-19)25-17-20-3-5-21(6-4-20)18-29-22-10-15-28-16-11-22/h3-6,19,22H,7-18H2,1-2H3,(H,24,25). The van der Waals surface area contributed by atoms with E-state index in [0.717, 1.165) is 64.2 Å². The molecule has 2 aliphatic rings. The Morgan fingerprint density at radius 2 is 1.66 bits per heavy atom. The third kappa shape index (κ3) is 7.61. The Kier molecular flexibility index (Phi) is 9.25. The largest absolute Gasteiger partial charge is 0.381 e. The highest BCUT2D eigenvalue weighted by Crippen LogP contribution is 2.18. The van der Waals surface area contributed by atoms with Crippen LogP contribution in [-0.4, -0.2) is 64.0 Å². The van der Waals surface area contributed by atoms with E-state index < -0.39 is 0 Å². The summed E-state index contributed by atoms with van der Waals surface area (Å²) >= 11 is 0. The van der Waals surface area contributed by atoms with Crippen molar-refractivity contribution in [2.45, 2.75) is 51.4 Å². The van der Waals surface area contributed by atoms with Crippen LogP contribution in [0.5, 0.6) is 0 Å². The predicted molar refractivity (Wildman–Crippen MR) is 116 cm³/mol. The summed E-state index contributed by atoms with van der Waals surface area (Å²) in [4.78, 5) is 6.67. The molecule has 1 N–H and O–H groups in total. The highest BCUT2D eigenvalue weighted by atomic mass is 16.5. The van der Waals surface area contributed by atoms with Crippen LogP contribution in [-0.2, 0) is 27.4 Å². The summed E-state index contributed by atoms with van der Waals surface area (Å²) in [5.74, 6) is 1.73. The fourth-order valence-corrected chi connectivity index (χ4v) is 3.89. The van der Waals surface area contributed by atoms with Crippen LogP contribution in [0.25, 0.3) is 0 Å². The molecule has 29 heavy (non-hydrogen) atoms. The van der Waals surface area contributed by atoms with Crippen molar-refractivity contribution in [2.75, 3.05) is 47.1 Å². The molecule has 2 saturated heterocycles. The van der Waals surface area contributed by atoms with Gasteiger partial charge in [-0.05, 0) is 49.1 Å². The second-order valence-corrected chi connectivity index (χ2v) is 8.11. The molecule has 3 rings (SSSR count). The lowest BCUT2D eigenvalue weighted by Crippen LogP contribution is -2.39. The Labute approximate surface area is 175 Å². The summed E-state index contributed by atoms with van der Waals surface area (Å²) < 4.78 is 16.8. The highest BCUT2D eigenvalue weighted by Gasteiger charge is 2.16. The van der Waals surface area contributed by atoms with Crippen molar-refractivity contribution in [3.8, 4) is 0 Å². The van der Waals surface area contributed by atoms with Crippen LogP contribution in [0.1, 0.15) is 43.2 Å². The lowest BCUT2D eigenvalue weighted by atomic mass is 9.96. The van der Waals surface area contributed by atoms with E-state index in [1.807, 2.05) is 7.05 Å². The minimum Gasteiger partial charge on any atom is -0.381 e. The van der Waals surface area contributed by atoms with Gasteiger partial charge in [-0.3, -0.25) is 4.99 Å². The van der Waals surface area contributed by atoms with E-state index >= 15 is 0 Å². The molecule has 2 aliphatic heterocycles. The smallest absolute Gasteiger partial charge is 0.193 e. The second-order valence-electron chi connectivity index (χ2n) is 8.11. The van der Waals surface area contributed by atoms with Gasteiger partial charge in [-0.15, -0.1) is 0 Å². The fourth-order valence-electron chi connectivity index (χ4n) is 3.89. The minimum atomic E-state index is 0.338. The number of guanidine groups is 1. The first-order valence-corrected chi connectivity index (χ1v) is 11.0. The number of rotatable bonds is 8. The van der Waals surface area contributed by atoms with Crippen LogP contribution >= 0.6 is 0 Å². The van der Waals surface area contributed by atoms with Gasteiger partial charge in [0.1, 0.15) is 0 Å². The van der Waals surface area contributed by atoms with E-state index in [0.29, 0.717) is 12.7 Å². The zero-order valence-electron chi connectivity index (χ0n) is 18.1. The maximum atomic E-state index is 6.00. The van der Waals surface area contributed by atoms with Crippen molar-refractivity contribution < 1.29 is 14.2 Å².